The van der Waals surface area contributed by atoms with Gasteiger partial charge in [-0.05, 0) is 44.9 Å². The van der Waals surface area contributed by atoms with Gasteiger partial charge in [0.1, 0.15) is 5.76 Å². The van der Waals surface area contributed by atoms with Gasteiger partial charge in [0.05, 0.1) is 5.56 Å². The van der Waals surface area contributed by atoms with Crippen LogP contribution in [-0.4, -0.2) is 27.7 Å². The first-order chi connectivity index (χ1) is 11.7. The minimum absolute atomic E-state index is 0.00518. The quantitative estimate of drug-likeness (QED) is 0.614. The summed E-state index contributed by atoms with van der Waals surface area (Å²) in [6, 6.07) is 4.50. The van der Waals surface area contributed by atoms with Crippen LogP contribution in [0.5, 0.6) is 0 Å². The number of hydrogen-bond acceptors (Lipinski definition) is 4. The highest BCUT2D eigenvalue weighted by atomic mass is 16.4. The van der Waals surface area contributed by atoms with Gasteiger partial charge in [-0.1, -0.05) is 24.8 Å². The molecular weight excluding hydrogens is 318 g/mol. The predicted octanol–water partition coefficient (Wildman–Crippen LogP) is 4.43. The van der Waals surface area contributed by atoms with Crippen LogP contribution in [0.15, 0.2) is 53.4 Å². The average Bonchev–Trinajstić information content (AvgIpc) is 2.53. The molecule has 1 aromatic carbocycles. The highest BCUT2D eigenvalue weighted by Gasteiger charge is 2.28. The molecule has 1 atom stereocenters. The van der Waals surface area contributed by atoms with Crippen LogP contribution in [0.2, 0.25) is 0 Å². The maximum atomic E-state index is 11.7. The molecule has 0 fully saturated rings. The fraction of sp³-hybridized carbons (Fsp3) is 0.250. The maximum Gasteiger partial charge on any atom is 0.336 e. The molecule has 130 valence electrons. The molecule has 1 aliphatic carbocycles. The number of hydrogen-bond donors (Lipinski definition) is 2. The molecule has 0 radical (unpaired) electrons. The molecule has 0 aromatic heterocycles. The summed E-state index contributed by atoms with van der Waals surface area (Å²) >= 11 is 0. The number of nitrogens with zero attached hydrogens (tertiary/aromatic N) is 1. The van der Waals surface area contributed by atoms with Crippen molar-refractivity contribution in [3.05, 3.63) is 65.1 Å². The van der Waals surface area contributed by atoms with Crippen molar-refractivity contribution < 1.29 is 19.8 Å². The van der Waals surface area contributed by atoms with Crippen molar-refractivity contribution in [2.45, 2.75) is 27.2 Å². The third kappa shape index (κ3) is 3.94. The molecule has 5 heteroatoms. The van der Waals surface area contributed by atoms with Gasteiger partial charge in [0, 0.05) is 28.5 Å². The van der Waals surface area contributed by atoms with Crippen molar-refractivity contribution in [3.63, 3.8) is 0 Å². The third-order valence-electron chi connectivity index (χ3n) is 4.09. The number of benzene rings is 1. The van der Waals surface area contributed by atoms with E-state index < -0.39 is 5.97 Å². The lowest BCUT2D eigenvalue weighted by Gasteiger charge is -2.24. The Morgan fingerprint density at radius 2 is 1.92 bits per heavy atom. The number of aromatic carboxylic acids is 1. The van der Waals surface area contributed by atoms with Gasteiger partial charge in [-0.25, -0.2) is 4.79 Å². The Hall–Kier alpha value is -2.95. The fourth-order valence-corrected chi connectivity index (χ4v) is 2.96. The van der Waals surface area contributed by atoms with Gasteiger partial charge >= 0.3 is 5.97 Å². The summed E-state index contributed by atoms with van der Waals surface area (Å²) in [4.78, 5) is 27.7. The summed E-state index contributed by atoms with van der Waals surface area (Å²) in [5.74, 6) is -1.62. The summed E-state index contributed by atoms with van der Waals surface area (Å²) in [7, 11) is 0. The highest BCUT2D eigenvalue weighted by molar-refractivity contribution is 6.04. The van der Waals surface area contributed by atoms with E-state index in [-0.39, 0.29) is 23.0 Å². The van der Waals surface area contributed by atoms with Gasteiger partial charge in [-0.15, -0.1) is 0 Å². The topological polar surface area (TPSA) is 87.0 Å². The summed E-state index contributed by atoms with van der Waals surface area (Å²) in [6.07, 6.45) is 3.98. The van der Waals surface area contributed by atoms with Crippen molar-refractivity contribution >= 4 is 23.0 Å². The van der Waals surface area contributed by atoms with Gasteiger partial charge in [0.25, 0.3) is 0 Å². The zero-order valence-electron chi connectivity index (χ0n) is 14.5. The van der Waals surface area contributed by atoms with Crippen molar-refractivity contribution in [1.82, 2.24) is 0 Å². The number of Topliss-reactive ketones (excluding diaryl/α,β-unsaturated/α-hetero) is 1. The number of aliphatic hydroxyl groups is 1. The van der Waals surface area contributed by atoms with E-state index in [9.17, 15) is 19.8 Å². The van der Waals surface area contributed by atoms with Crippen LogP contribution in [0.4, 0.5) is 0 Å². The zero-order valence-corrected chi connectivity index (χ0v) is 14.5. The molecule has 2 rings (SSSR count). The second-order valence-corrected chi connectivity index (χ2v) is 6.10. The van der Waals surface area contributed by atoms with E-state index in [1.54, 1.807) is 25.1 Å². The van der Waals surface area contributed by atoms with E-state index in [0.29, 0.717) is 28.8 Å². The minimum atomic E-state index is -1.15. The van der Waals surface area contributed by atoms with E-state index >= 15 is 0 Å². The summed E-state index contributed by atoms with van der Waals surface area (Å²) < 4.78 is 0. The van der Waals surface area contributed by atoms with Crippen LogP contribution < -0.4 is 0 Å². The van der Waals surface area contributed by atoms with Gasteiger partial charge < -0.3 is 10.2 Å². The second kappa shape index (κ2) is 7.30. The molecule has 1 aliphatic rings. The van der Waals surface area contributed by atoms with Crippen molar-refractivity contribution in [2.24, 2.45) is 10.9 Å². The monoisotopic (exact) mass is 339 g/mol. The predicted molar refractivity (Wildman–Crippen MR) is 98.1 cm³/mol. The van der Waals surface area contributed by atoms with Crippen LogP contribution in [0.1, 0.15) is 53.5 Å². The minimum Gasteiger partial charge on any atom is -0.508 e. The van der Waals surface area contributed by atoms with Crippen LogP contribution in [0.25, 0.3) is 5.57 Å². The first kappa shape index (κ1) is 18.4. The fourth-order valence-electron chi connectivity index (χ4n) is 2.96. The standard InChI is InChI=1S/C20H21NO4/c1-11(2)21-12(3)15-6-5-7-18(23)19(15)16-9-8-14(13(4)22)10-17(16)20(24)25/h5,7-10,15,23H,1,6H2,2-4H3,(H,24,25)/t15-/m0/s1. The van der Waals surface area contributed by atoms with Gasteiger partial charge in [-0.3, -0.25) is 9.79 Å². The molecule has 25 heavy (non-hydrogen) atoms. The van der Waals surface area contributed by atoms with Crippen LogP contribution in [-0.2, 0) is 0 Å². The first-order valence-electron chi connectivity index (χ1n) is 7.91. The van der Waals surface area contributed by atoms with E-state index in [4.69, 9.17) is 0 Å². The second-order valence-electron chi connectivity index (χ2n) is 6.10. The molecule has 0 amide bonds. The lowest BCUT2D eigenvalue weighted by atomic mass is 9.80. The highest BCUT2D eigenvalue weighted by Crippen LogP contribution is 2.36. The Kier molecular flexibility index (Phi) is 5.37. The molecule has 0 spiro atoms. The molecule has 0 unspecified atom stereocenters. The van der Waals surface area contributed by atoms with Crippen molar-refractivity contribution in [1.29, 1.82) is 0 Å². The van der Waals surface area contributed by atoms with Crippen LogP contribution >= 0.6 is 0 Å². The Bertz CT molecular complexity index is 843. The average molecular weight is 339 g/mol. The number of allylic oxidation sites excluding steroid dienone is 4. The molecule has 0 saturated carbocycles. The normalized spacial score (nSPS) is 17.6. The molecular formula is C20H21NO4. The van der Waals surface area contributed by atoms with Crippen molar-refractivity contribution in [2.75, 3.05) is 0 Å². The number of aliphatic imine (C=N–C) groups is 1. The number of aliphatic hydroxyl groups excluding tert-OH is 1. The summed E-state index contributed by atoms with van der Waals surface area (Å²) in [6.45, 7) is 8.75. The van der Waals surface area contributed by atoms with Gasteiger partial charge in [0.15, 0.2) is 5.78 Å². The molecule has 0 aliphatic heterocycles. The number of ketones is 1. The van der Waals surface area contributed by atoms with Gasteiger partial charge in [-0.2, -0.15) is 0 Å². The first-order valence-corrected chi connectivity index (χ1v) is 7.91. The lowest BCUT2D eigenvalue weighted by Crippen LogP contribution is -2.19. The smallest absolute Gasteiger partial charge is 0.336 e. The van der Waals surface area contributed by atoms with E-state index in [1.807, 2.05) is 13.0 Å². The van der Waals surface area contributed by atoms with E-state index in [2.05, 4.69) is 11.6 Å². The molecule has 0 heterocycles. The maximum absolute atomic E-state index is 11.7. The molecule has 1 aromatic rings. The van der Waals surface area contributed by atoms with Crippen LogP contribution in [0.3, 0.4) is 0 Å². The Balaban J connectivity index is 2.67. The largest absolute Gasteiger partial charge is 0.508 e. The SMILES string of the molecule is C=C(C)N=C(C)[C@@H]1CC=CC(O)=C1c1ccc(C(C)=O)cc1C(=O)O. The Morgan fingerprint density at radius 3 is 2.48 bits per heavy atom. The molecule has 5 nitrogen and oxygen atoms in total. The van der Waals surface area contributed by atoms with Crippen molar-refractivity contribution in [3.8, 4) is 0 Å². The van der Waals surface area contributed by atoms with Crippen LogP contribution in [0, 0.1) is 5.92 Å². The number of carboxylic acids is 1. The molecule has 2 N–H and O–H groups in total. The third-order valence-corrected chi connectivity index (χ3v) is 4.09. The molecule has 0 saturated heterocycles. The number of rotatable bonds is 5. The Labute approximate surface area is 146 Å². The summed E-state index contributed by atoms with van der Waals surface area (Å²) in [5, 5.41) is 20.0. The van der Waals surface area contributed by atoms with Gasteiger partial charge in [0.2, 0.25) is 0 Å². The van der Waals surface area contributed by atoms with E-state index in [0.717, 1.165) is 5.71 Å². The zero-order chi connectivity index (χ0) is 18.7. The van der Waals surface area contributed by atoms with E-state index in [1.165, 1.54) is 13.0 Å². The summed E-state index contributed by atoms with van der Waals surface area (Å²) in [5.41, 5.74) is 2.56. The Morgan fingerprint density at radius 1 is 1.24 bits per heavy atom. The lowest BCUT2D eigenvalue weighted by molar-refractivity contribution is 0.0696. The number of carbonyl (C=O) groups excluding carboxylic acids is 1. The number of carboxylic acid groups (broad SMARTS) is 1. The number of carbonyl (C=O) groups is 2. The molecule has 0 bridgehead atoms.